The summed E-state index contributed by atoms with van der Waals surface area (Å²) >= 11 is 0. The van der Waals surface area contributed by atoms with E-state index in [2.05, 4.69) is 96.1 Å². The maximum Gasteiger partial charge on any atom is 0.0541 e. The summed E-state index contributed by atoms with van der Waals surface area (Å²) in [4.78, 5) is 0. The molecule has 0 atom stereocenters. The van der Waals surface area contributed by atoms with Gasteiger partial charge in [0.1, 0.15) is 0 Å². The number of hydrogen-bond donors (Lipinski definition) is 0. The molecule has 3 aromatic carbocycles. The van der Waals surface area contributed by atoms with Crippen LogP contribution in [0.5, 0.6) is 0 Å². The van der Waals surface area contributed by atoms with Gasteiger partial charge in [-0.05, 0) is 42.3 Å². The number of allylic oxidation sites excluding steroid dienone is 1. The average Bonchev–Trinajstić information content (AvgIpc) is 3.03. The molecule has 4 rings (SSSR count). The number of hydrogen-bond acceptors (Lipinski definition) is 0. The highest BCUT2D eigenvalue weighted by molar-refractivity contribution is 5.95. The SMILES string of the molecule is C=Cc1c(/C=C\C)c2ccccc2n1-c1ccc(-c2ccccc2)cc1. The molecule has 0 saturated heterocycles. The molecule has 1 heteroatoms. The molecule has 0 bridgehead atoms. The van der Waals surface area contributed by atoms with Gasteiger partial charge in [0.25, 0.3) is 0 Å². The highest BCUT2D eigenvalue weighted by atomic mass is 15.0. The van der Waals surface area contributed by atoms with Crippen molar-refractivity contribution in [2.45, 2.75) is 6.92 Å². The molecular formula is C25H21N. The van der Waals surface area contributed by atoms with Gasteiger partial charge >= 0.3 is 0 Å². The van der Waals surface area contributed by atoms with Gasteiger partial charge < -0.3 is 4.57 Å². The van der Waals surface area contributed by atoms with Crippen molar-refractivity contribution in [3.05, 3.63) is 103 Å². The molecule has 1 aromatic heterocycles. The van der Waals surface area contributed by atoms with Gasteiger partial charge in [0, 0.05) is 16.6 Å². The van der Waals surface area contributed by atoms with Crippen LogP contribution in [0.25, 0.3) is 39.9 Å². The zero-order valence-electron chi connectivity index (χ0n) is 14.9. The largest absolute Gasteiger partial charge is 0.309 e. The van der Waals surface area contributed by atoms with Crippen molar-refractivity contribution in [3.8, 4) is 16.8 Å². The van der Waals surface area contributed by atoms with E-state index in [0.717, 1.165) is 11.4 Å². The predicted octanol–water partition coefficient (Wildman–Crippen LogP) is 6.97. The summed E-state index contributed by atoms with van der Waals surface area (Å²) in [5.41, 5.74) is 7.13. The lowest BCUT2D eigenvalue weighted by atomic mass is 10.1. The first-order valence-electron chi connectivity index (χ1n) is 8.88. The third-order valence-electron chi connectivity index (χ3n) is 4.71. The standard InChI is InChI=1S/C25H21N/c1-3-10-22-23-13-8-9-14-25(23)26(24(22)4-2)21-17-15-20(16-18-21)19-11-6-5-7-12-19/h3-18H,2H2,1H3/b10-3-. The van der Waals surface area contributed by atoms with E-state index >= 15 is 0 Å². The molecule has 4 aromatic rings. The minimum atomic E-state index is 1.12. The van der Waals surface area contributed by atoms with E-state index in [1.54, 1.807) is 0 Å². The fourth-order valence-corrected chi connectivity index (χ4v) is 3.54. The van der Waals surface area contributed by atoms with E-state index < -0.39 is 0 Å². The monoisotopic (exact) mass is 335 g/mol. The van der Waals surface area contributed by atoms with Crippen LogP contribution >= 0.6 is 0 Å². The van der Waals surface area contributed by atoms with E-state index in [1.165, 1.54) is 27.6 Å². The van der Waals surface area contributed by atoms with Crippen LogP contribution in [0.2, 0.25) is 0 Å². The van der Waals surface area contributed by atoms with Gasteiger partial charge in [-0.1, -0.05) is 79.4 Å². The molecule has 1 nitrogen and oxygen atoms in total. The maximum absolute atomic E-state index is 4.07. The van der Waals surface area contributed by atoms with Crippen molar-refractivity contribution in [1.29, 1.82) is 0 Å². The van der Waals surface area contributed by atoms with Crippen molar-refractivity contribution >= 4 is 23.1 Å². The first kappa shape index (κ1) is 16.2. The first-order valence-corrected chi connectivity index (χ1v) is 8.88. The molecule has 0 spiro atoms. The molecule has 0 aliphatic rings. The lowest BCUT2D eigenvalue weighted by molar-refractivity contribution is 1.11. The second-order valence-corrected chi connectivity index (χ2v) is 6.27. The quantitative estimate of drug-likeness (QED) is 0.379. The summed E-state index contributed by atoms with van der Waals surface area (Å²) < 4.78 is 2.28. The molecule has 0 amide bonds. The summed E-state index contributed by atoms with van der Waals surface area (Å²) in [7, 11) is 0. The molecule has 0 aliphatic heterocycles. The lowest BCUT2D eigenvalue weighted by Gasteiger charge is -2.10. The van der Waals surface area contributed by atoms with Gasteiger partial charge in [-0.2, -0.15) is 0 Å². The molecule has 26 heavy (non-hydrogen) atoms. The van der Waals surface area contributed by atoms with Crippen LogP contribution in [-0.2, 0) is 0 Å². The topological polar surface area (TPSA) is 4.93 Å². The summed E-state index contributed by atoms with van der Waals surface area (Å²) in [5, 5.41) is 1.24. The Morgan fingerprint density at radius 3 is 2.12 bits per heavy atom. The van der Waals surface area contributed by atoms with Crippen molar-refractivity contribution in [3.63, 3.8) is 0 Å². The third kappa shape index (κ3) is 2.68. The molecule has 0 fully saturated rings. The van der Waals surface area contributed by atoms with E-state index in [1.807, 2.05) is 19.1 Å². The second kappa shape index (κ2) is 6.89. The van der Waals surface area contributed by atoms with E-state index in [4.69, 9.17) is 0 Å². The zero-order chi connectivity index (χ0) is 17.9. The minimum Gasteiger partial charge on any atom is -0.309 e. The molecule has 0 saturated carbocycles. The van der Waals surface area contributed by atoms with Gasteiger partial charge in [0.15, 0.2) is 0 Å². The molecule has 0 N–H and O–H groups in total. The summed E-state index contributed by atoms with van der Waals surface area (Å²) in [6.07, 6.45) is 6.19. The first-order chi connectivity index (χ1) is 12.8. The Morgan fingerprint density at radius 2 is 1.42 bits per heavy atom. The van der Waals surface area contributed by atoms with Crippen molar-refractivity contribution in [2.75, 3.05) is 0 Å². The number of fused-ring (bicyclic) bond motifs is 1. The van der Waals surface area contributed by atoms with Crippen LogP contribution < -0.4 is 0 Å². The minimum absolute atomic E-state index is 1.12. The van der Waals surface area contributed by atoms with Gasteiger partial charge in [-0.25, -0.2) is 0 Å². The van der Waals surface area contributed by atoms with Crippen molar-refractivity contribution in [2.24, 2.45) is 0 Å². The summed E-state index contributed by atoms with van der Waals surface area (Å²) in [6.45, 7) is 6.11. The van der Waals surface area contributed by atoms with Gasteiger partial charge in [0.2, 0.25) is 0 Å². The highest BCUT2D eigenvalue weighted by Crippen LogP contribution is 2.32. The number of nitrogens with zero attached hydrogens (tertiary/aromatic N) is 1. The maximum atomic E-state index is 4.07. The van der Waals surface area contributed by atoms with Crippen LogP contribution in [0.1, 0.15) is 18.2 Å². The van der Waals surface area contributed by atoms with Gasteiger partial charge in [0.05, 0.1) is 11.2 Å². The van der Waals surface area contributed by atoms with E-state index in [-0.39, 0.29) is 0 Å². The van der Waals surface area contributed by atoms with Crippen LogP contribution in [-0.4, -0.2) is 4.57 Å². The molecule has 126 valence electrons. The molecule has 1 heterocycles. The van der Waals surface area contributed by atoms with Crippen LogP contribution in [0.15, 0.2) is 91.5 Å². The Kier molecular flexibility index (Phi) is 4.28. The summed E-state index contributed by atoms with van der Waals surface area (Å²) in [5.74, 6) is 0. The van der Waals surface area contributed by atoms with Crippen LogP contribution in [0, 0.1) is 0 Å². The van der Waals surface area contributed by atoms with E-state index in [0.29, 0.717) is 0 Å². The number of rotatable bonds is 4. The van der Waals surface area contributed by atoms with Crippen molar-refractivity contribution < 1.29 is 0 Å². The van der Waals surface area contributed by atoms with Crippen LogP contribution in [0.3, 0.4) is 0 Å². The number of aromatic nitrogens is 1. The van der Waals surface area contributed by atoms with Gasteiger partial charge in [-0.15, -0.1) is 0 Å². The molecule has 0 aliphatic carbocycles. The smallest absolute Gasteiger partial charge is 0.0541 e. The Bertz CT molecular complexity index is 1080. The number of benzene rings is 3. The Morgan fingerprint density at radius 1 is 0.769 bits per heavy atom. The Hall–Kier alpha value is -3.32. The molecule has 0 unspecified atom stereocenters. The second-order valence-electron chi connectivity index (χ2n) is 6.27. The average molecular weight is 335 g/mol. The van der Waals surface area contributed by atoms with Gasteiger partial charge in [-0.3, -0.25) is 0 Å². The summed E-state index contributed by atoms with van der Waals surface area (Å²) in [6, 6.07) is 27.7. The third-order valence-corrected chi connectivity index (χ3v) is 4.71. The Labute approximate surface area is 154 Å². The molecular weight excluding hydrogens is 314 g/mol. The van der Waals surface area contributed by atoms with E-state index in [9.17, 15) is 0 Å². The number of para-hydroxylation sites is 1. The fourth-order valence-electron chi connectivity index (χ4n) is 3.54. The lowest BCUT2D eigenvalue weighted by Crippen LogP contribution is -1.96. The predicted molar refractivity (Wildman–Crippen MR) is 114 cm³/mol. The normalized spacial score (nSPS) is 11.3. The molecule has 0 radical (unpaired) electrons. The Balaban J connectivity index is 1.90. The van der Waals surface area contributed by atoms with Crippen LogP contribution in [0.4, 0.5) is 0 Å². The highest BCUT2D eigenvalue weighted by Gasteiger charge is 2.14. The van der Waals surface area contributed by atoms with Crippen molar-refractivity contribution in [1.82, 2.24) is 4.57 Å². The fraction of sp³-hybridized carbons (Fsp3) is 0.0400. The zero-order valence-corrected chi connectivity index (χ0v) is 14.9.